The van der Waals surface area contributed by atoms with E-state index in [4.69, 9.17) is 10.5 Å². The van der Waals surface area contributed by atoms with Gasteiger partial charge in [-0.3, -0.25) is 0 Å². The first-order valence-corrected chi connectivity index (χ1v) is 6.20. The number of hydrogen-bond acceptors (Lipinski definition) is 5. The van der Waals surface area contributed by atoms with E-state index in [0.29, 0.717) is 12.4 Å². The summed E-state index contributed by atoms with van der Waals surface area (Å²) in [5.74, 6) is 1.30. The molecule has 0 saturated carbocycles. The summed E-state index contributed by atoms with van der Waals surface area (Å²) in [5, 5.41) is 3.22. The standard InChI is InChI=1S/C14H18N4O/c1-10(2)19-14-7-13(17-9-18-14)16-8-11-4-3-5-12(15)6-11/h3-7,9-10H,8,15H2,1-2H3,(H,16,17,18). The van der Waals surface area contributed by atoms with Gasteiger partial charge in [-0.25, -0.2) is 9.97 Å². The van der Waals surface area contributed by atoms with E-state index in [9.17, 15) is 0 Å². The van der Waals surface area contributed by atoms with Gasteiger partial charge in [0.05, 0.1) is 6.10 Å². The molecule has 2 rings (SSSR count). The molecule has 0 unspecified atom stereocenters. The van der Waals surface area contributed by atoms with E-state index in [1.165, 1.54) is 6.33 Å². The van der Waals surface area contributed by atoms with Crippen molar-refractivity contribution in [1.29, 1.82) is 0 Å². The van der Waals surface area contributed by atoms with Gasteiger partial charge in [0.2, 0.25) is 5.88 Å². The fourth-order valence-corrected chi connectivity index (χ4v) is 1.64. The largest absolute Gasteiger partial charge is 0.475 e. The van der Waals surface area contributed by atoms with Crippen LogP contribution in [0.1, 0.15) is 19.4 Å². The Balaban J connectivity index is 1.99. The third-order valence-corrected chi connectivity index (χ3v) is 2.42. The molecule has 3 N–H and O–H groups in total. The van der Waals surface area contributed by atoms with Crippen LogP contribution >= 0.6 is 0 Å². The van der Waals surface area contributed by atoms with Gasteiger partial charge in [-0.1, -0.05) is 12.1 Å². The maximum absolute atomic E-state index is 5.73. The molecule has 0 aliphatic rings. The highest BCUT2D eigenvalue weighted by Gasteiger charge is 2.02. The number of rotatable bonds is 5. The number of nitrogens with zero attached hydrogens (tertiary/aromatic N) is 2. The van der Waals surface area contributed by atoms with Crippen molar-refractivity contribution in [3.63, 3.8) is 0 Å². The number of nitrogens with two attached hydrogens (primary N) is 1. The second-order valence-electron chi connectivity index (χ2n) is 4.51. The highest BCUT2D eigenvalue weighted by atomic mass is 16.5. The van der Waals surface area contributed by atoms with Gasteiger partial charge in [0.25, 0.3) is 0 Å². The second-order valence-corrected chi connectivity index (χ2v) is 4.51. The fourth-order valence-electron chi connectivity index (χ4n) is 1.64. The second kappa shape index (κ2) is 6.04. The Morgan fingerprint density at radius 3 is 2.84 bits per heavy atom. The van der Waals surface area contributed by atoms with Gasteiger partial charge in [-0.2, -0.15) is 0 Å². The number of hydrogen-bond donors (Lipinski definition) is 2. The van der Waals surface area contributed by atoms with Crippen molar-refractivity contribution in [2.45, 2.75) is 26.5 Å². The monoisotopic (exact) mass is 258 g/mol. The van der Waals surface area contributed by atoms with Crippen LogP contribution in [0.3, 0.4) is 0 Å². The molecule has 5 nitrogen and oxygen atoms in total. The first kappa shape index (κ1) is 13.1. The van der Waals surface area contributed by atoms with Crippen LogP contribution in [0.2, 0.25) is 0 Å². The van der Waals surface area contributed by atoms with Crippen molar-refractivity contribution < 1.29 is 4.74 Å². The van der Waals surface area contributed by atoms with E-state index in [0.717, 1.165) is 17.1 Å². The number of ether oxygens (including phenoxy) is 1. The lowest BCUT2D eigenvalue weighted by atomic mass is 10.2. The molecule has 2 aromatic rings. The summed E-state index contributed by atoms with van der Waals surface area (Å²) in [5.41, 5.74) is 7.59. The summed E-state index contributed by atoms with van der Waals surface area (Å²) in [6.45, 7) is 4.58. The molecule has 100 valence electrons. The Labute approximate surface area is 112 Å². The molecular formula is C14H18N4O. The smallest absolute Gasteiger partial charge is 0.218 e. The van der Waals surface area contributed by atoms with Gasteiger partial charge in [-0.15, -0.1) is 0 Å². The Morgan fingerprint density at radius 1 is 1.26 bits per heavy atom. The van der Waals surface area contributed by atoms with E-state index >= 15 is 0 Å². The van der Waals surface area contributed by atoms with Gasteiger partial charge in [-0.05, 0) is 31.5 Å². The van der Waals surface area contributed by atoms with Crippen LogP contribution in [0.15, 0.2) is 36.7 Å². The zero-order chi connectivity index (χ0) is 13.7. The van der Waals surface area contributed by atoms with Gasteiger partial charge in [0.1, 0.15) is 12.1 Å². The van der Waals surface area contributed by atoms with Gasteiger partial charge < -0.3 is 15.8 Å². The topological polar surface area (TPSA) is 73.1 Å². The normalized spacial score (nSPS) is 10.5. The minimum atomic E-state index is 0.0941. The van der Waals surface area contributed by atoms with E-state index in [1.54, 1.807) is 6.07 Å². The maximum atomic E-state index is 5.73. The molecule has 5 heteroatoms. The van der Waals surface area contributed by atoms with Gasteiger partial charge >= 0.3 is 0 Å². The lowest BCUT2D eigenvalue weighted by Gasteiger charge is -2.10. The molecule has 19 heavy (non-hydrogen) atoms. The molecular weight excluding hydrogens is 240 g/mol. The molecule has 1 aromatic carbocycles. The number of anilines is 2. The molecule has 0 amide bonds. The lowest BCUT2D eigenvalue weighted by Crippen LogP contribution is -2.08. The Bertz CT molecular complexity index is 542. The molecule has 0 aliphatic carbocycles. The van der Waals surface area contributed by atoms with E-state index in [-0.39, 0.29) is 6.10 Å². The summed E-state index contributed by atoms with van der Waals surface area (Å²) in [7, 11) is 0. The van der Waals surface area contributed by atoms with E-state index in [1.807, 2.05) is 38.1 Å². The Kier molecular flexibility index (Phi) is 4.18. The zero-order valence-electron chi connectivity index (χ0n) is 11.1. The Hall–Kier alpha value is -2.30. The maximum Gasteiger partial charge on any atom is 0.218 e. The zero-order valence-corrected chi connectivity index (χ0v) is 11.1. The number of benzene rings is 1. The van der Waals surface area contributed by atoms with Crippen molar-refractivity contribution in [2.24, 2.45) is 0 Å². The van der Waals surface area contributed by atoms with Crippen LogP contribution in [0.4, 0.5) is 11.5 Å². The summed E-state index contributed by atoms with van der Waals surface area (Å²) < 4.78 is 5.51. The molecule has 0 aliphatic heterocycles. The van der Waals surface area contributed by atoms with Crippen LogP contribution < -0.4 is 15.8 Å². The highest BCUT2D eigenvalue weighted by Crippen LogP contribution is 2.14. The molecule has 1 heterocycles. The lowest BCUT2D eigenvalue weighted by molar-refractivity contribution is 0.232. The summed E-state index contributed by atoms with van der Waals surface area (Å²) in [6.07, 6.45) is 1.58. The van der Waals surface area contributed by atoms with Crippen molar-refractivity contribution in [3.05, 3.63) is 42.2 Å². The first-order chi connectivity index (χ1) is 9.13. The molecule has 0 saturated heterocycles. The quantitative estimate of drug-likeness (QED) is 0.806. The molecule has 0 spiro atoms. The predicted octanol–water partition coefficient (Wildman–Crippen LogP) is 2.46. The van der Waals surface area contributed by atoms with E-state index in [2.05, 4.69) is 15.3 Å². The van der Waals surface area contributed by atoms with Crippen molar-refractivity contribution in [2.75, 3.05) is 11.1 Å². The summed E-state index contributed by atoms with van der Waals surface area (Å²) >= 11 is 0. The first-order valence-electron chi connectivity index (χ1n) is 6.20. The number of nitrogens with one attached hydrogen (secondary N) is 1. The molecule has 1 aromatic heterocycles. The minimum Gasteiger partial charge on any atom is -0.475 e. The molecule has 0 bridgehead atoms. The fraction of sp³-hybridized carbons (Fsp3) is 0.286. The predicted molar refractivity (Wildman–Crippen MR) is 76.0 cm³/mol. The van der Waals surface area contributed by atoms with Crippen molar-refractivity contribution in [1.82, 2.24) is 9.97 Å². The van der Waals surface area contributed by atoms with Gasteiger partial charge in [0.15, 0.2) is 0 Å². The SMILES string of the molecule is CC(C)Oc1cc(NCc2cccc(N)c2)ncn1. The average Bonchev–Trinajstić information content (AvgIpc) is 2.36. The number of nitrogen functional groups attached to an aromatic ring is 1. The highest BCUT2D eigenvalue weighted by molar-refractivity contribution is 5.43. The van der Waals surface area contributed by atoms with Gasteiger partial charge in [0, 0.05) is 18.3 Å². The minimum absolute atomic E-state index is 0.0941. The summed E-state index contributed by atoms with van der Waals surface area (Å²) in [6, 6.07) is 9.52. The third-order valence-electron chi connectivity index (χ3n) is 2.42. The molecule has 0 atom stereocenters. The summed E-state index contributed by atoms with van der Waals surface area (Å²) in [4.78, 5) is 8.21. The third kappa shape index (κ3) is 4.13. The van der Waals surface area contributed by atoms with Crippen LogP contribution in [0.25, 0.3) is 0 Å². The number of aromatic nitrogens is 2. The van der Waals surface area contributed by atoms with Crippen LogP contribution in [-0.2, 0) is 6.54 Å². The van der Waals surface area contributed by atoms with Crippen LogP contribution in [0, 0.1) is 0 Å². The molecule has 0 fully saturated rings. The van der Waals surface area contributed by atoms with Crippen molar-refractivity contribution >= 4 is 11.5 Å². The van der Waals surface area contributed by atoms with E-state index < -0.39 is 0 Å². The average molecular weight is 258 g/mol. The van der Waals surface area contributed by atoms with Crippen molar-refractivity contribution in [3.8, 4) is 5.88 Å². The van der Waals surface area contributed by atoms with Crippen LogP contribution in [0.5, 0.6) is 5.88 Å². The van der Waals surface area contributed by atoms with Crippen LogP contribution in [-0.4, -0.2) is 16.1 Å². The molecule has 0 radical (unpaired) electrons. The Morgan fingerprint density at radius 2 is 2.11 bits per heavy atom.